The Morgan fingerprint density at radius 1 is 1.09 bits per heavy atom. The van der Waals surface area contributed by atoms with Crippen molar-refractivity contribution < 1.29 is 9.59 Å². The molecule has 0 unspecified atom stereocenters. The van der Waals surface area contributed by atoms with Gasteiger partial charge in [0.05, 0.1) is 0 Å². The van der Waals surface area contributed by atoms with Crippen molar-refractivity contribution in [1.29, 1.82) is 0 Å². The zero-order chi connectivity index (χ0) is 16.7. The van der Waals surface area contributed by atoms with Gasteiger partial charge in [-0.2, -0.15) is 0 Å². The van der Waals surface area contributed by atoms with Gasteiger partial charge in [0, 0.05) is 30.3 Å². The zero-order valence-electron chi connectivity index (χ0n) is 12.7. The van der Waals surface area contributed by atoms with E-state index in [1.165, 1.54) is 13.0 Å². The molecular weight excluding hydrogens is 312 g/mol. The van der Waals surface area contributed by atoms with Crippen LogP contribution in [-0.2, 0) is 16.1 Å². The first-order valence-electron chi connectivity index (χ1n) is 7.11. The average Bonchev–Trinajstić information content (AvgIpc) is 2.53. The van der Waals surface area contributed by atoms with Crippen molar-refractivity contribution in [2.75, 3.05) is 5.32 Å². The van der Waals surface area contributed by atoms with E-state index in [1.807, 2.05) is 30.3 Å². The highest BCUT2D eigenvalue weighted by molar-refractivity contribution is 6.31. The van der Waals surface area contributed by atoms with Gasteiger partial charge in [-0.25, -0.2) is 0 Å². The third-order valence-electron chi connectivity index (χ3n) is 3.07. The molecule has 2 aromatic rings. The quantitative estimate of drug-likeness (QED) is 0.823. The third-order valence-corrected chi connectivity index (χ3v) is 3.44. The van der Waals surface area contributed by atoms with Crippen LogP contribution in [0, 0.1) is 0 Å². The summed E-state index contributed by atoms with van der Waals surface area (Å²) in [6.45, 7) is 1.83. The van der Waals surface area contributed by atoms with E-state index in [4.69, 9.17) is 11.6 Å². The van der Waals surface area contributed by atoms with Gasteiger partial charge in [-0.05, 0) is 35.4 Å². The van der Waals surface area contributed by atoms with E-state index in [0.717, 1.165) is 16.8 Å². The van der Waals surface area contributed by atoms with E-state index >= 15 is 0 Å². The molecule has 4 nitrogen and oxygen atoms in total. The summed E-state index contributed by atoms with van der Waals surface area (Å²) in [5.74, 6) is -0.317. The number of carbonyl (C=O) groups excluding carboxylic acids is 2. The number of anilines is 1. The Bertz CT molecular complexity index is 724. The standard InChI is InChI=1S/C18H17ClN2O2/c1-13(22)21-16-9-6-14(7-10-16)8-11-18(23)20-12-15-4-2-3-5-17(15)19/h2-11H,12H2,1H3,(H,20,23)(H,21,22)/b11-8+. The van der Waals surface area contributed by atoms with Crippen LogP contribution in [0.25, 0.3) is 6.08 Å². The van der Waals surface area contributed by atoms with Crippen LogP contribution in [0.15, 0.2) is 54.6 Å². The van der Waals surface area contributed by atoms with Gasteiger partial charge in [0.25, 0.3) is 0 Å². The number of hydrogen-bond donors (Lipinski definition) is 2. The fourth-order valence-corrected chi connectivity index (χ4v) is 2.14. The first kappa shape index (κ1) is 16.8. The molecule has 0 aliphatic heterocycles. The van der Waals surface area contributed by atoms with E-state index in [1.54, 1.807) is 24.3 Å². The lowest BCUT2D eigenvalue weighted by Gasteiger charge is -2.04. The zero-order valence-corrected chi connectivity index (χ0v) is 13.4. The lowest BCUT2D eigenvalue weighted by atomic mass is 10.2. The fraction of sp³-hybridized carbons (Fsp3) is 0.111. The highest BCUT2D eigenvalue weighted by atomic mass is 35.5. The van der Waals surface area contributed by atoms with Gasteiger partial charge >= 0.3 is 0 Å². The summed E-state index contributed by atoms with van der Waals surface area (Å²) >= 11 is 6.03. The Morgan fingerprint density at radius 2 is 1.78 bits per heavy atom. The minimum Gasteiger partial charge on any atom is -0.348 e. The molecule has 0 fully saturated rings. The average molecular weight is 329 g/mol. The van der Waals surface area contributed by atoms with Crippen molar-refractivity contribution in [3.8, 4) is 0 Å². The Balaban J connectivity index is 1.88. The molecule has 0 saturated heterocycles. The maximum Gasteiger partial charge on any atom is 0.244 e. The molecule has 0 aliphatic carbocycles. The second-order valence-corrected chi connectivity index (χ2v) is 5.35. The van der Waals surface area contributed by atoms with Crippen molar-refractivity contribution in [3.63, 3.8) is 0 Å². The van der Waals surface area contributed by atoms with Crippen LogP contribution in [0.5, 0.6) is 0 Å². The van der Waals surface area contributed by atoms with Gasteiger partial charge in [-0.3, -0.25) is 9.59 Å². The van der Waals surface area contributed by atoms with Gasteiger partial charge in [0.1, 0.15) is 0 Å². The van der Waals surface area contributed by atoms with Crippen LogP contribution in [0.3, 0.4) is 0 Å². The lowest BCUT2D eigenvalue weighted by Crippen LogP contribution is -2.20. The predicted octanol–water partition coefficient (Wildman–Crippen LogP) is 3.63. The van der Waals surface area contributed by atoms with Gasteiger partial charge in [0.15, 0.2) is 0 Å². The number of carbonyl (C=O) groups is 2. The van der Waals surface area contributed by atoms with E-state index in [2.05, 4.69) is 10.6 Å². The van der Waals surface area contributed by atoms with Crippen molar-refractivity contribution in [1.82, 2.24) is 5.32 Å². The number of nitrogens with one attached hydrogen (secondary N) is 2. The number of benzene rings is 2. The van der Waals surface area contributed by atoms with E-state index in [9.17, 15) is 9.59 Å². The number of halogens is 1. The van der Waals surface area contributed by atoms with Gasteiger partial charge in [-0.15, -0.1) is 0 Å². The summed E-state index contributed by atoms with van der Waals surface area (Å²) in [6.07, 6.45) is 3.17. The Kier molecular flexibility index (Phi) is 5.94. The van der Waals surface area contributed by atoms with E-state index < -0.39 is 0 Å². The minimum absolute atomic E-state index is 0.118. The molecule has 2 aromatic carbocycles. The minimum atomic E-state index is -0.198. The molecular formula is C18H17ClN2O2. The monoisotopic (exact) mass is 328 g/mol. The smallest absolute Gasteiger partial charge is 0.244 e. The van der Waals surface area contributed by atoms with E-state index in [-0.39, 0.29) is 11.8 Å². The molecule has 0 saturated carbocycles. The molecule has 0 radical (unpaired) electrons. The van der Waals surface area contributed by atoms with Gasteiger partial charge < -0.3 is 10.6 Å². The van der Waals surface area contributed by atoms with Crippen molar-refractivity contribution in [2.45, 2.75) is 13.5 Å². The summed E-state index contributed by atoms with van der Waals surface area (Å²) in [6, 6.07) is 14.6. The van der Waals surface area contributed by atoms with Crippen LogP contribution in [0.1, 0.15) is 18.1 Å². The van der Waals surface area contributed by atoms with Crippen LogP contribution >= 0.6 is 11.6 Å². The van der Waals surface area contributed by atoms with Crippen molar-refractivity contribution in [2.24, 2.45) is 0 Å². The highest BCUT2D eigenvalue weighted by Gasteiger charge is 2.01. The SMILES string of the molecule is CC(=O)Nc1ccc(/C=C/C(=O)NCc2ccccc2Cl)cc1. The second-order valence-electron chi connectivity index (χ2n) is 4.95. The molecule has 0 heterocycles. The highest BCUT2D eigenvalue weighted by Crippen LogP contribution is 2.14. The first-order valence-corrected chi connectivity index (χ1v) is 7.49. The molecule has 5 heteroatoms. The maximum absolute atomic E-state index is 11.8. The molecule has 23 heavy (non-hydrogen) atoms. The molecule has 2 rings (SSSR count). The predicted molar refractivity (Wildman–Crippen MR) is 93.1 cm³/mol. The van der Waals surface area contributed by atoms with Crippen molar-refractivity contribution >= 4 is 35.2 Å². The largest absolute Gasteiger partial charge is 0.348 e. The lowest BCUT2D eigenvalue weighted by molar-refractivity contribution is -0.116. The molecule has 118 valence electrons. The molecule has 0 spiro atoms. The molecule has 2 amide bonds. The summed E-state index contributed by atoms with van der Waals surface area (Å²) < 4.78 is 0. The van der Waals surface area contributed by atoms with E-state index in [0.29, 0.717) is 11.6 Å². The van der Waals surface area contributed by atoms with Crippen LogP contribution in [0.4, 0.5) is 5.69 Å². The maximum atomic E-state index is 11.8. The normalized spacial score (nSPS) is 10.5. The van der Waals surface area contributed by atoms with Crippen molar-refractivity contribution in [3.05, 3.63) is 70.8 Å². The van der Waals surface area contributed by atoms with Crippen LogP contribution in [0.2, 0.25) is 5.02 Å². The third kappa shape index (κ3) is 5.60. The number of hydrogen-bond acceptors (Lipinski definition) is 2. The van der Waals surface area contributed by atoms with Crippen LogP contribution < -0.4 is 10.6 Å². The fourth-order valence-electron chi connectivity index (χ4n) is 1.94. The second kappa shape index (κ2) is 8.15. The molecule has 0 atom stereocenters. The van der Waals surface area contributed by atoms with Gasteiger partial charge in [0.2, 0.25) is 11.8 Å². The summed E-state index contributed by atoms with van der Waals surface area (Å²) in [7, 11) is 0. The Labute approximate surface area is 140 Å². The summed E-state index contributed by atoms with van der Waals surface area (Å²) in [5.41, 5.74) is 2.46. The topological polar surface area (TPSA) is 58.2 Å². The first-order chi connectivity index (χ1) is 11.0. The van der Waals surface area contributed by atoms with Gasteiger partial charge in [-0.1, -0.05) is 41.9 Å². The summed E-state index contributed by atoms with van der Waals surface area (Å²) in [4.78, 5) is 22.8. The molecule has 0 aliphatic rings. The molecule has 0 aromatic heterocycles. The Hall–Kier alpha value is -2.59. The summed E-state index contributed by atoms with van der Waals surface area (Å²) in [5, 5.41) is 6.10. The number of rotatable bonds is 5. The number of amides is 2. The molecule has 2 N–H and O–H groups in total. The molecule has 0 bridgehead atoms. The Morgan fingerprint density at radius 3 is 2.43 bits per heavy atom. The van der Waals surface area contributed by atoms with Crippen LogP contribution in [-0.4, -0.2) is 11.8 Å².